The third kappa shape index (κ3) is 2.17. The fourth-order valence-corrected chi connectivity index (χ4v) is 1.71. The number of benzene rings is 1. The number of Topliss-reactive ketones (excluding diaryl/α,β-unsaturated/α-hetero) is 1. The van der Waals surface area contributed by atoms with E-state index in [9.17, 15) is 18.0 Å². The second kappa shape index (κ2) is 4.44. The van der Waals surface area contributed by atoms with Gasteiger partial charge in [-0.1, -0.05) is 0 Å². The smallest absolute Gasteiger partial charge is 0.288 e. The monoisotopic (exact) mass is 330 g/mol. The van der Waals surface area contributed by atoms with Crippen LogP contribution in [0.5, 0.6) is 0 Å². The third-order valence-electron chi connectivity index (χ3n) is 1.49. The molecule has 0 saturated heterocycles. The summed E-state index contributed by atoms with van der Waals surface area (Å²) in [5, 5.41) is 0. The minimum Gasteiger partial charge on any atom is -0.288 e. The molecule has 0 aliphatic rings. The minimum atomic E-state index is -3.21. The van der Waals surface area contributed by atoms with Crippen LogP contribution in [-0.2, 0) is 0 Å². The van der Waals surface area contributed by atoms with E-state index in [0.717, 1.165) is 6.07 Å². The molecule has 0 N–H and O–H groups in total. The Morgan fingerprint density at radius 3 is 2.36 bits per heavy atom. The Labute approximate surface area is 94.6 Å². The highest BCUT2D eigenvalue weighted by Crippen LogP contribution is 2.30. The first-order chi connectivity index (χ1) is 6.45. The van der Waals surface area contributed by atoms with Crippen LogP contribution in [0.3, 0.4) is 0 Å². The molecular formula is C8H3Br2F3O. The summed E-state index contributed by atoms with van der Waals surface area (Å²) >= 11 is 5.85. The molecule has 0 radical (unpaired) electrons. The molecule has 1 aromatic carbocycles. The van der Waals surface area contributed by atoms with Crippen molar-refractivity contribution in [2.45, 2.75) is 6.43 Å². The van der Waals surface area contributed by atoms with Crippen LogP contribution in [0.4, 0.5) is 13.2 Å². The van der Waals surface area contributed by atoms with E-state index in [2.05, 4.69) is 31.9 Å². The maximum absolute atomic E-state index is 13.0. The number of halogens is 5. The summed E-state index contributed by atoms with van der Waals surface area (Å²) in [4.78, 5) is 10.9. The van der Waals surface area contributed by atoms with Crippen molar-refractivity contribution in [2.24, 2.45) is 0 Å². The Kier molecular flexibility index (Phi) is 3.71. The standard InChI is InChI=1S/C8H3Br2F3O/c9-3-1-2-4(11)5(6(3)10)7(14)8(12)13/h1-2,8H. The van der Waals surface area contributed by atoms with Gasteiger partial charge in [-0.05, 0) is 44.0 Å². The second-order valence-electron chi connectivity index (χ2n) is 2.38. The normalized spacial score (nSPS) is 10.7. The summed E-state index contributed by atoms with van der Waals surface area (Å²) in [5.41, 5.74) is -0.630. The van der Waals surface area contributed by atoms with Gasteiger partial charge in [-0.3, -0.25) is 4.79 Å². The summed E-state index contributed by atoms with van der Waals surface area (Å²) < 4.78 is 37.5. The lowest BCUT2D eigenvalue weighted by Gasteiger charge is -2.05. The van der Waals surface area contributed by atoms with E-state index in [-0.39, 0.29) is 4.47 Å². The van der Waals surface area contributed by atoms with Crippen molar-refractivity contribution < 1.29 is 18.0 Å². The van der Waals surface area contributed by atoms with Gasteiger partial charge in [-0.25, -0.2) is 13.2 Å². The predicted molar refractivity (Wildman–Crippen MR) is 52.1 cm³/mol. The fraction of sp³-hybridized carbons (Fsp3) is 0.125. The Balaban J connectivity index is 3.33. The molecule has 0 aliphatic carbocycles. The first-order valence-electron chi connectivity index (χ1n) is 3.41. The van der Waals surface area contributed by atoms with Gasteiger partial charge in [-0.15, -0.1) is 0 Å². The van der Waals surface area contributed by atoms with Crippen molar-refractivity contribution in [3.05, 3.63) is 32.5 Å². The van der Waals surface area contributed by atoms with E-state index >= 15 is 0 Å². The maximum atomic E-state index is 13.0. The summed E-state index contributed by atoms with van der Waals surface area (Å²) in [6, 6.07) is 2.27. The summed E-state index contributed by atoms with van der Waals surface area (Å²) in [7, 11) is 0. The Hall–Kier alpha value is -0.360. The lowest BCUT2D eigenvalue weighted by atomic mass is 10.1. The van der Waals surface area contributed by atoms with Crippen molar-refractivity contribution >= 4 is 37.6 Å². The molecule has 0 unspecified atom stereocenters. The molecule has 1 rings (SSSR count). The number of alkyl halides is 2. The van der Waals surface area contributed by atoms with Crippen LogP contribution in [0.1, 0.15) is 10.4 Å². The number of carbonyl (C=O) groups excluding carboxylic acids is 1. The third-order valence-corrected chi connectivity index (χ3v) is 3.51. The van der Waals surface area contributed by atoms with Gasteiger partial charge in [0.25, 0.3) is 0 Å². The summed E-state index contributed by atoms with van der Waals surface area (Å²) in [6.07, 6.45) is -3.21. The van der Waals surface area contributed by atoms with E-state index in [0.29, 0.717) is 4.47 Å². The van der Waals surface area contributed by atoms with Crippen LogP contribution in [0.25, 0.3) is 0 Å². The summed E-state index contributed by atoms with van der Waals surface area (Å²) in [5.74, 6) is -2.50. The second-order valence-corrected chi connectivity index (χ2v) is 4.03. The first-order valence-corrected chi connectivity index (χ1v) is 4.99. The van der Waals surface area contributed by atoms with E-state index < -0.39 is 23.6 Å². The number of ketones is 1. The number of rotatable bonds is 2. The van der Waals surface area contributed by atoms with Crippen LogP contribution in [-0.4, -0.2) is 12.2 Å². The highest BCUT2D eigenvalue weighted by molar-refractivity contribution is 9.13. The number of hydrogen-bond acceptors (Lipinski definition) is 1. The molecule has 0 atom stereocenters. The van der Waals surface area contributed by atoms with Crippen molar-refractivity contribution in [1.82, 2.24) is 0 Å². The predicted octanol–water partition coefficient (Wildman–Crippen LogP) is 3.80. The molecule has 14 heavy (non-hydrogen) atoms. The number of hydrogen-bond donors (Lipinski definition) is 0. The maximum Gasteiger partial charge on any atom is 0.300 e. The van der Waals surface area contributed by atoms with Crippen molar-refractivity contribution in [3.63, 3.8) is 0 Å². The van der Waals surface area contributed by atoms with E-state index in [1.807, 2.05) is 0 Å². The van der Waals surface area contributed by atoms with Crippen LogP contribution in [0.15, 0.2) is 21.1 Å². The lowest BCUT2D eigenvalue weighted by molar-refractivity contribution is 0.0673. The highest BCUT2D eigenvalue weighted by Gasteiger charge is 2.25. The van der Waals surface area contributed by atoms with Gasteiger partial charge >= 0.3 is 6.43 Å². The van der Waals surface area contributed by atoms with Crippen molar-refractivity contribution in [1.29, 1.82) is 0 Å². The molecule has 0 heterocycles. The van der Waals surface area contributed by atoms with Crippen molar-refractivity contribution in [3.8, 4) is 0 Å². The molecule has 0 amide bonds. The minimum absolute atomic E-state index is 0.00259. The molecule has 0 saturated carbocycles. The Morgan fingerprint density at radius 2 is 1.86 bits per heavy atom. The van der Waals surface area contributed by atoms with Gasteiger partial charge < -0.3 is 0 Å². The molecule has 1 nitrogen and oxygen atoms in total. The van der Waals surface area contributed by atoms with Gasteiger partial charge in [0.2, 0.25) is 5.78 Å². The SMILES string of the molecule is O=C(c1c(F)ccc(Br)c1Br)C(F)F. The zero-order valence-electron chi connectivity index (χ0n) is 6.53. The molecular weight excluding hydrogens is 329 g/mol. The molecule has 1 aromatic rings. The topological polar surface area (TPSA) is 17.1 Å². The van der Waals surface area contributed by atoms with Crippen LogP contribution < -0.4 is 0 Å². The number of carbonyl (C=O) groups is 1. The van der Waals surface area contributed by atoms with Gasteiger partial charge in [0.05, 0.1) is 5.56 Å². The van der Waals surface area contributed by atoms with Gasteiger partial charge in [0.1, 0.15) is 5.82 Å². The largest absolute Gasteiger partial charge is 0.300 e. The molecule has 0 fully saturated rings. The highest BCUT2D eigenvalue weighted by atomic mass is 79.9. The van der Waals surface area contributed by atoms with Crippen LogP contribution in [0, 0.1) is 5.82 Å². The molecule has 0 aromatic heterocycles. The first kappa shape index (κ1) is 11.7. The molecule has 6 heteroatoms. The van der Waals surface area contributed by atoms with Gasteiger partial charge in [0.15, 0.2) is 0 Å². The van der Waals surface area contributed by atoms with E-state index in [1.54, 1.807) is 0 Å². The summed E-state index contributed by atoms with van der Waals surface area (Å²) in [6.45, 7) is 0. The average Bonchev–Trinajstić information content (AvgIpc) is 2.12. The zero-order chi connectivity index (χ0) is 10.9. The van der Waals surface area contributed by atoms with Crippen LogP contribution in [0.2, 0.25) is 0 Å². The van der Waals surface area contributed by atoms with E-state index in [1.165, 1.54) is 6.07 Å². The van der Waals surface area contributed by atoms with Crippen molar-refractivity contribution in [2.75, 3.05) is 0 Å². The molecule has 0 spiro atoms. The molecule has 76 valence electrons. The molecule has 0 bridgehead atoms. The Bertz CT molecular complexity index is 379. The fourth-order valence-electron chi connectivity index (χ4n) is 0.862. The Morgan fingerprint density at radius 1 is 1.29 bits per heavy atom. The zero-order valence-corrected chi connectivity index (χ0v) is 9.70. The quantitative estimate of drug-likeness (QED) is 0.595. The average molecular weight is 332 g/mol. The van der Waals surface area contributed by atoms with Gasteiger partial charge in [-0.2, -0.15) is 0 Å². The van der Waals surface area contributed by atoms with Crippen LogP contribution >= 0.6 is 31.9 Å². The lowest BCUT2D eigenvalue weighted by Crippen LogP contribution is -2.13. The molecule has 0 aliphatic heterocycles. The van der Waals surface area contributed by atoms with Gasteiger partial charge in [0, 0.05) is 8.95 Å². The van der Waals surface area contributed by atoms with E-state index in [4.69, 9.17) is 0 Å².